The number of rotatable bonds is 7. The summed E-state index contributed by atoms with van der Waals surface area (Å²) in [5.74, 6) is 0.722. The van der Waals surface area contributed by atoms with Gasteiger partial charge in [-0.15, -0.1) is 0 Å². The number of hydrogen-bond acceptors (Lipinski definition) is 4. The van der Waals surface area contributed by atoms with Gasteiger partial charge in [0, 0.05) is 44.0 Å². The summed E-state index contributed by atoms with van der Waals surface area (Å²) in [7, 11) is 0. The number of nitrogens with zero attached hydrogens (tertiary/aromatic N) is 1. The van der Waals surface area contributed by atoms with Crippen LogP contribution in [-0.4, -0.2) is 51.5 Å². The molecule has 1 aromatic rings. The van der Waals surface area contributed by atoms with E-state index in [4.69, 9.17) is 4.74 Å². The molecule has 3 atom stereocenters. The Kier molecular flexibility index (Phi) is 6.52. The van der Waals surface area contributed by atoms with E-state index in [0.717, 1.165) is 45.3 Å². The van der Waals surface area contributed by atoms with Crippen molar-refractivity contribution in [1.29, 1.82) is 0 Å². The fraction of sp³-hybridized carbons (Fsp3) is 0.700. The van der Waals surface area contributed by atoms with Crippen LogP contribution in [0.1, 0.15) is 31.7 Å². The molecule has 1 saturated carbocycles. The first kappa shape index (κ1) is 17.7. The monoisotopic (exact) mass is 331 g/mol. The summed E-state index contributed by atoms with van der Waals surface area (Å²) in [4.78, 5) is 2.46. The molecule has 1 aromatic carbocycles. The van der Waals surface area contributed by atoms with E-state index in [1.165, 1.54) is 30.5 Å². The second-order valence-electron chi connectivity index (χ2n) is 7.21. The van der Waals surface area contributed by atoms with Gasteiger partial charge in [-0.25, -0.2) is 0 Å². The Morgan fingerprint density at radius 1 is 1.33 bits per heavy atom. The lowest BCUT2D eigenvalue weighted by Gasteiger charge is -2.33. The Morgan fingerprint density at radius 3 is 3.00 bits per heavy atom. The van der Waals surface area contributed by atoms with Gasteiger partial charge in [-0.3, -0.25) is 0 Å². The molecule has 1 heterocycles. The second-order valence-corrected chi connectivity index (χ2v) is 7.21. The second kappa shape index (κ2) is 8.84. The first-order valence-corrected chi connectivity index (χ1v) is 9.64. The number of likely N-dealkylation sites (N-methyl/N-ethyl adjacent to an activating group) is 1. The van der Waals surface area contributed by atoms with Gasteiger partial charge in [0.2, 0.25) is 0 Å². The molecule has 0 amide bonds. The maximum absolute atomic E-state index is 5.67. The summed E-state index contributed by atoms with van der Waals surface area (Å²) in [5, 5.41) is 7.50. The van der Waals surface area contributed by atoms with Crippen LogP contribution in [0.5, 0.6) is 0 Å². The lowest BCUT2D eigenvalue weighted by molar-refractivity contribution is 0.0526. The number of nitrogens with one attached hydrogen (secondary N) is 2. The van der Waals surface area contributed by atoms with Crippen LogP contribution >= 0.6 is 0 Å². The largest absolute Gasteiger partial charge is 0.379 e. The van der Waals surface area contributed by atoms with Gasteiger partial charge in [-0.1, -0.05) is 18.6 Å². The van der Waals surface area contributed by atoms with Gasteiger partial charge < -0.3 is 20.3 Å². The molecule has 1 aliphatic carbocycles. The van der Waals surface area contributed by atoms with Crippen molar-refractivity contribution in [2.24, 2.45) is 5.92 Å². The zero-order valence-electron chi connectivity index (χ0n) is 15.3. The lowest BCUT2D eigenvalue weighted by Crippen LogP contribution is -2.51. The predicted molar refractivity (Wildman–Crippen MR) is 101 cm³/mol. The Balaban J connectivity index is 1.49. The summed E-state index contributed by atoms with van der Waals surface area (Å²) in [6, 6.07) is 10.0. The Hall–Kier alpha value is -1.10. The van der Waals surface area contributed by atoms with E-state index >= 15 is 0 Å². The van der Waals surface area contributed by atoms with Crippen LogP contribution in [-0.2, 0) is 4.74 Å². The molecule has 0 spiro atoms. The minimum absolute atomic E-state index is 0.540. The van der Waals surface area contributed by atoms with Crippen molar-refractivity contribution in [2.45, 2.75) is 45.2 Å². The van der Waals surface area contributed by atoms with Gasteiger partial charge in [0.1, 0.15) is 0 Å². The molecular weight excluding hydrogens is 298 g/mol. The van der Waals surface area contributed by atoms with Gasteiger partial charge in [0.05, 0.1) is 13.2 Å². The number of aryl methyl sites for hydroxylation is 1. The van der Waals surface area contributed by atoms with Crippen molar-refractivity contribution in [2.75, 3.05) is 44.3 Å². The topological polar surface area (TPSA) is 36.5 Å². The van der Waals surface area contributed by atoms with Crippen molar-refractivity contribution in [3.63, 3.8) is 0 Å². The molecule has 0 aromatic heterocycles. The Labute approximate surface area is 147 Å². The van der Waals surface area contributed by atoms with Crippen LogP contribution in [0.15, 0.2) is 24.3 Å². The van der Waals surface area contributed by atoms with E-state index in [1.54, 1.807) is 0 Å². The number of anilines is 1. The first-order chi connectivity index (χ1) is 11.8. The zero-order valence-corrected chi connectivity index (χ0v) is 15.3. The molecule has 2 N–H and O–H groups in total. The van der Waals surface area contributed by atoms with Crippen LogP contribution in [0, 0.1) is 12.8 Å². The molecule has 2 aliphatic rings. The summed E-state index contributed by atoms with van der Waals surface area (Å²) < 4.78 is 5.67. The average molecular weight is 332 g/mol. The molecule has 3 unspecified atom stereocenters. The third-order valence-corrected chi connectivity index (χ3v) is 5.57. The molecule has 4 nitrogen and oxygen atoms in total. The van der Waals surface area contributed by atoms with E-state index in [9.17, 15) is 0 Å². The zero-order chi connectivity index (χ0) is 16.8. The smallest absolute Gasteiger partial charge is 0.0623 e. The van der Waals surface area contributed by atoms with E-state index in [1.807, 2.05) is 0 Å². The number of ether oxygens (including phenoxy) is 1. The normalized spacial score (nSPS) is 27.3. The standard InChI is InChI=1S/C20H33N3O/c1-3-23(17-7-4-6-16(2)14-17)12-10-21-19-9-5-8-18(19)20-15-24-13-11-22-20/h4,6-7,14,18-22H,3,5,8-13,15H2,1-2H3. The van der Waals surface area contributed by atoms with E-state index in [2.05, 4.69) is 53.6 Å². The molecule has 2 fully saturated rings. The maximum atomic E-state index is 5.67. The van der Waals surface area contributed by atoms with Crippen molar-refractivity contribution in [3.8, 4) is 0 Å². The molecule has 24 heavy (non-hydrogen) atoms. The highest BCUT2D eigenvalue weighted by atomic mass is 16.5. The van der Waals surface area contributed by atoms with Crippen LogP contribution < -0.4 is 15.5 Å². The fourth-order valence-corrected chi connectivity index (χ4v) is 4.26. The van der Waals surface area contributed by atoms with E-state index in [0.29, 0.717) is 12.1 Å². The molecule has 134 valence electrons. The van der Waals surface area contributed by atoms with Crippen molar-refractivity contribution < 1.29 is 4.74 Å². The van der Waals surface area contributed by atoms with Crippen LogP contribution in [0.3, 0.4) is 0 Å². The highest BCUT2D eigenvalue weighted by molar-refractivity contribution is 5.48. The molecule has 4 heteroatoms. The van der Waals surface area contributed by atoms with Gasteiger partial charge in [-0.05, 0) is 50.3 Å². The minimum atomic E-state index is 0.540. The van der Waals surface area contributed by atoms with Gasteiger partial charge in [-0.2, -0.15) is 0 Å². The number of hydrogen-bond donors (Lipinski definition) is 2. The SMILES string of the molecule is CCN(CCNC1CCCC1C1COCCN1)c1cccc(C)c1. The maximum Gasteiger partial charge on any atom is 0.0623 e. The first-order valence-electron chi connectivity index (χ1n) is 9.64. The highest BCUT2D eigenvalue weighted by Gasteiger charge is 2.34. The fourth-order valence-electron chi connectivity index (χ4n) is 4.26. The van der Waals surface area contributed by atoms with Crippen molar-refractivity contribution >= 4 is 5.69 Å². The number of morpholine rings is 1. The Morgan fingerprint density at radius 2 is 2.25 bits per heavy atom. The third kappa shape index (κ3) is 4.50. The summed E-state index contributed by atoms with van der Waals surface area (Å²) in [6.45, 7) is 10.3. The van der Waals surface area contributed by atoms with Crippen LogP contribution in [0.25, 0.3) is 0 Å². The van der Waals surface area contributed by atoms with E-state index < -0.39 is 0 Å². The molecule has 1 aliphatic heterocycles. The van der Waals surface area contributed by atoms with Gasteiger partial charge in [0.25, 0.3) is 0 Å². The van der Waals surface area contributed by atoms with Crippen molar-refractivity contribution in [3.05, 3.63) is 29.8 Å². The molecule has 1 saturated heterocycles. The van der Waals surface area contributed by atoms with Crippen molar-refractivity contribution in [1.82, 2.24) is 10.6 Å². The average Bonchev–Trinajstić information content (AvgIpc) is 3.08. The predicted octanol–water partition coefficient (Wildman–Crippen LogP) is 2.57. The summed E-state index contributed by atoms with van der Waals surface area (Å²) in [6.07, 6.45) is 3.98. The lowest BCUT2D eigenvalue weighted by atomic mass is 9.94. The van der Waals surface area contributed by atoms with E-state index in [-0.39, 0.29) is 0 Å². The summed E-state index contributed by atoms with van der Waals surface area (Å²) >= 11 is 0. The molecule has 0 radical (unpaired) electrons. The molecular formula is C20H33N3O. The molecule has 0 bridgehead atoms. The van der Waals surface area contributed by atoms with Gasteiger partial charge >= 0.3 is 0 Å². The molecule has 3 rings (SSSR count). The Bertz CT molecular complexity index is 501. The highest BCUT2D eigenvalue weighted by Crippen LogP contribution is 2.29. The van der Waals surface area contributed by atoms with Gasteiger partial charge in [0.15, 0.2) is 0 Å². The van der Waals surface area contributed by atoms with Crippen LogP contribution in [0.4, 0.5) is 5.69 Å². The summed E-state index contributed by atoms with van der Waals surface area (Å²) in [5.41, 5.74) is 2.67. The minimum Gasteiger partial charge on any atom is -0.379 e. The number of benzene rings is 1. The van der Waals surface area contributed by atoms with Crippen LogP contribution in [0.2, 0.25) is 0 Å². The third-order valence-electron chi connectivity index (χ3n) is 5.57. The quantitative estimate of drug-likeness (QED) is 0.805.